The number of aromatic hydroxyl groups is 1. The van der Waals surface area contributed by atoms with Crippen LogP contribution in [-0.4, -0.2) is 24.8 Å². The lowest BCUT2D eigenvalue weighted by molar-refractivity contribution is 0.472. The van der Waals surface area contributed by atoms with E-state index in [0.29, 0.717) is 10.8 Å². The first-order chi connectivity index (χ1) is 15.1. The molecule has 4 aromatic rings. The van der Waals surface area contributed by atoms with Crippen LogP contribution >= 0.6 is 12.2 Å². The number of nitrogens with zero attached hydrogens (tertiary/aromatic N) is 4. The van der Waals surface area contributed by atoms with Gasteiger partial charge in [0.2, 0.25) is 0 Å². The molecule has 31 heavy (non-hydrogen) atoms. The predicted octanol–water partition coefficient (Wildman–Crippen LogP) is 4.46. The van der Waals surface area contributed by atoms with Gasteiger partial charge in [0.25, 0.3) is 0 Å². The summed E-state index contributed by atoms with van der Waals surface area (Å²) in [4.78, 5) is 11.2. The molecule has 3 aromatic heterocycles. The van der Waals surface area contributed by atoms with Crippen LogP contribution in [0.3, 0.4) is 0 Å². The fraction of sp³-hybridized carbons (Fsp3) is 0.125. The number of phenols is 1. The summed E-state index contributed by atoms with van der Waals surface area (Å²) in [6.45, 7) is 2.02. The van der Waals surface area contributed by atoms with Gasteiger partial charge in [0.15, 0.2) is 5.11 Å². The number of nitrogens with one attached hydrogen (secondary N) is 1. The fourth-order valence-corrected chi connectivity index (χ4v) is 4.37. The molecule has 0 saturated carbocycles. The van der Waals surface area contributed by atoms with Gasteiger partial charge in [0, 0.05) is 24.3 Å². The molecule has 2 N–H and O–H groups in total. The average Bonchev–Trinajstić information content (AvgIpc) is 3.40. The number of phenolic OH excluding ortho intramolecular Hbond substituents is 1. The molecule has 1 saturated heterocycles. The summed E-state index contributed by atoms with van der Waals surface area (Å²) >= 11 is 5.74. The molecule has 1 aliphatic rings. The second-order valence-electron chi connectivity index (χ2n) is 7.48. The van der Waals surface area contributed by atoms with Crippen LogP contribution in [-0.2, 0) is 0 Å². The largest absolute Gasteiger partial charge is 0.506 e. The molecule has 0 amide bonds. The number of aryl methyl sites for hydroxylation is 1. The van der Waals surface area contributed by atoms with E-state index in [1.807, 2.05) is 72.7 Å². The van der Waals surface area contributed by atoms with E-state index in [2.05, 4.69) is 25.9 Å². The molecule has 154 valence electrons. The number of aromatic nitrogens is 3. The molecule has 7 heteroatoms. The Morgan fingerprint density at radius 1 is 0.968 bits per heavy atom. The van der Waals surface area contributed by atoms with Gasteiger partial charge in [-0.3, -0.25) is 4.98 Å². The van der Waals surface area contributed by atoms with E-state index in [1.54, 1.807) is 18.3 Å². The quantitative estimate of drug-likeness (QED) is 0.469. The minimum atomic E-state index is -0.242. The molecule has 2 atom stereocenters. The minimum absolute atomic E-state index is 0.171. The zero-order valence-electron chi connectivity index (χ0n) is 16.9. The first-order valence-corrected chi connectivity index (χ1v) is 10.4. The monoisotopic (exact) mass is 427 g/mol. The van der Waals surface area contributed by atoms with Gasteiger partial charge in [-0.15, -0.1) is 0 Å². The van der Waals surface area contributed by atoms with E-state index in [1.165, 1.54) is 0 Å². The van der Waals surface area contributed by atoms with Crippen molar-refractivity contribution in [3.8, 4) is 11.6 Å². The molecule has 5 rings (SSSR count). The maximum atomic E-state index is 10.6. The Hall–Kier alpha value is -3.71. The molecule has 0 radical (unpaired) electrons. The molecule has 1 fully saturated rings. The normalized spacial score (nSPS) is 18.2. The SMILES string of the molecule is Cc1ccc(-n2cccc2C2C(c3ccccn3)NC(=S)N2c2ccccc2O)nc1. The molecule has 0 aliphatic carbocycles. The van der Waals surface area contributed by atoms with E-state index in [9.17, 15) is 5.11 Å². The summed E-state index contributed by atoms with van der Waals surface area (Å²) in [6.07, 6.45) is 5.63. The van der Waals surface area contributed by atoms with Gasteiger partial charge < -0.3 is 19.9 Å². The Morgan fingerprint density at radius 2 is 1.81 bits per heavy atom. The summed E-state index contributed by atoms with van der Waals surface area (Å²) in [5, 5.41) is 14.6. The Balaban J connectivity index is 1.68. The third kappa shape index (κ3) is 3.43. The summed E-state index contributed by atoms with van der Waals surface area (Å²) < 4.78 is 2.06. The lowest BCUT2D eigenvalue weighted by atomic mass is 10.0. The number of anilines is 1. The van der Waals surface area contributed by atoms with E-state index in [-0.39, 0.29) is 17.8 Å². The highest BCUT2D eigenvalue weighted by atomic mass is 32.1. The van der Waals surface area contributed by atoms with Crippen molar-refractivity contribution in [3.05, 3.63) is 102 Å². The number of para-hydroxylation sites is 2. The lowest BCUT2D eigenvalue weighted by Crippen LogP contribution is -2.30. The van der Waals surface area contributed by atoms with Crippen molar-refractivity contribution < 1.29 is 5.11 Å². The van der Waals surface area contributed by atoms with E-state index >= 15 is 0 Å². The van der Waals surface area contributed by atoms with Gasteiger partial charge in [-0.05, 0) is 67.2 Å². The van der Waals surface area contributed by atoms with Crippen molar-refractivity contribution in [2.75, 3.05) is 4.90 Å². The average molecular weight is 428 g/mol. The zero-order chi connectivity index (χ0) is 21.4. The summed E-state index contributed by atoms with van der Waals surface area (Å²) in [7, 11) is 0. The fourth-order valence-electron chi connectivity index (χ4n) is 4.03. The molecule has 0 spiro atoms. The predicted molar refractivity (Wildman–Crippen MR) is 124 cm³/mol. The molecular formula is C24H21N5OS. The molecule has 6 nitrogen and oxygen atoms in total. The van der Waals surface area contributed by atoms with E-state index in [0.717, 1.165) is 22.8 Å². The van der Waals surface area contributed by atoms with Crippen LogP contribution in [0.2, 0.25) is 0 Å². The topological polar surface area (TPSA) is 66.2 Å². The van der Waals surface area contributed by atoms with Crippen LogP contribution in [0.4, 0.5) is 5.69 Å². The Bertz CT molecular complexity index is 1220. The first-order valence-electron chi connectivity index (χ1n) is 10.0. The highest BCUT2D eigenvalue weighted by molar-refractivity contribution is 7.80. The number of pyridine rings is 2. The highest BCUT2D eigenvalue weighted by Gasteiger charge is 2.43. The van der Waals surface area contributed by atoms with Crippen molar-refractivity contribution in [1.29, 1.82) is 0 Å². The minimum Gasteiger partial charge on any atom is -0.506 e. The van der Waals surface area contributed by atoms with E-state index < -0.39 is 0 Å². The maximum absolute atomic E-state index is 10.6. The maximum Gasteiger partial charge on any atom is 0.174 e. The van der Waals surface area contributed by atoms with Crippen molar-refractivity contribution in [1.82, 2.24) is 19.9 Å². The zero-order valence-corrected chi connectivity index (χ0v) is 17.7. The second-order valence-corrected chi connectivity index (χ2v) is 7.87. The van der Waals surface area contributed by atoms with Gasteiger partial charge in [-0.1, -0.05) is 24.3 Å². The molecular weight excluding hydrogens is 406 g/mol. The van der Waals surface area contributed by atoms with Crippen LogP contribution in [0.5, 0.6) is 5.75 Å². The molecule has 1 aliphatic heterocycles. The third-order valence-corrected chi connectivity index (χ3v) is 5.78. The van der Waals surface area contributed by atoms with Crippen molar-refractivity contribution >= 4 is 23.0 Å². The summed E-state index contributed by atoms with van der Waals surface area (Å²) in [6, 6.07) is 20.7. The Kier molecular flexibility index (Phi) is 4.88. The number of thiocarbonyl (C=S) groups is 1. The van der Waals surface area contributed by atoms with Gasteiger partial charge in [-0.2, -0.15) is 0 Å². The van der Waals surface area contributed by atoms with Gasteiger partial charge in [0.05, 0.1) is 17.4 Å². The molecule has 0 bridgehead atoms. The number of hydrogen-bond donors (Lipinski definition) is 2. The van der Waals surface area contributed by atoms with Crippen molar-refractivity contribution in [2.45, 2.75) is 19.0 Å². The van der Waals surface area contributed by atoms with Gasteiger partial charge >= 0.3 is 0 Å². The standard InChI is InChI=1S/C24H21N5OS/c1-16-11-12-21(26-15-16)28-14-6-9-19(28)23-22(17-7-4-5-13-25-17)27-24(31)29(23)18-8-2-3-10-20(18)30/h2-15,22-23,30H,1H3,(H,27,31). The number of rotatable bonds is 4. The molecule has 4 heterocycles. The number of benzene rings is 1. The Morgan fingerprint density at radius 3 is 2.55 bits per heavy atom. The van der Waals surface area contributed by atoms with Crippen LogP contribution in [0.15, 0.2) is 85.3 Å². The summed E-state index contributed by atoms with van der Waals surface area (Å²) in [5.41, 5.74) is 3.61. The van der Waals surface area contributed by atoms with Crippen LogP contribution in [0, 0.1) is 6.92 Å². The van der Waals surface area contributed by atoms with E-state index in [4.69, 9.17) is 12.2 Å². The van der Waals surface area contributed by atoms with Crippen LogP contribution in [0.25, 0.3) is 5.82 Å². The molecule has 2 unspecified atom stereocenters. The molecule has 1 aromatic carbocycles. The van der Waals surface area contributed by atoms with Crippen LogP contribution in [0.1, 0.15) is 29.0 Å². The lowest BCUT2D eigenvalue weighted by Gasteiger charge is -2.29. The van der Waals surface area contributed by atoms with Crippen LogP contribution < -0.4 is 10.2 Å². The Labute approximate surface area is 185 Å². The smallest absolute Gasteiger partial charge is 0.174 e. The second kappa shape index (κ2) is 7.85. The highest BCUT2D eigenvalue weighted by Crippen LogP contribution is 2.44. The van der Waals surface area contributed by atoms with Gasteiger partial charge in [-0.25, -0.2) is 4.98 Å². The summed E-state index contributed by atoms with van der Waals surface area (Å²) in [5.74, 6) is 0.991. The number of hydrogen-bond acceptors (Lipinski definition) is 4. The van der Waals surface area contributed by atoms with Gasteiger partial charge in [0.1, 0.15) is 17.6 Å². The first kappa shape index (κ1) is 19.3. The third-order valence-electron chi connectivity index (χ3n) is 5.47. The van der Waals surface area contributed by atoms with Crippen molar-refractivity contribution in [2.24, 2.45) is 0 Å². The van der Waals surface area contributed by atoms with Crippen molar-refractivity contribution in [3.63, 3.8) is 0 Å².